The lowest BCUT2D eigenvalue weighted by molar-refractivity contribution is 0.0606. The first-order valence-corrected chi connectivity index (χ1v) is 12.1. The second kappa shape index (κ2) is 8.34. The van der Waals surface area contributed by atoms with Crippen LogP contribution >= 0.6 is 0 Å². The number of carbonyl (C=O) groups excluding carboxylic acids is 1. The van der Waals surface area contributed by atoms with Crippen LogP contribution in [-0.4, -0.2) is 62.3 Å². The van der Waals surface area contributed by atoms with Gasteiger partial charge < -0.3 is 24.5 Å². The van der Waals surface area contributed by atoms with Crippen LogP contribution in [0.5, 0.6) is 5.75 Å². The normalized spacial score (nSPS) is 20.6. The number of aryl methyl sites for hydroxylation is 1. The third-order valence-corrected chi connectivity index (χ3v) is 7.14. The van der Waals surface area contributed by atoms with Crippen LogP contribution in [-0.2, 0) is 13.6 Å². The van der Waals surface area contributed by atoms with Gasteiger partial charge in [-0.3, -0.25) is 4.79 Å². The molecule has 1 amide bonds. The third-order valence-electron chi connectivity index (χ3n) is 7.14. The van der Waals surface area contributed by atoms with Crippen molar-refractivity contribution in [3.63, 3.8) is 0 Å². The zero-order chi connectivity index (χ0) is 24.3. The molecule has 0 bridgehead atoms. The van der Waals surface area contributed by atoms with Gasteiger partial charge in [0, 0.05) is 43.3 Å². The number of imidazole rings is 1. The summed E-state index contributed by atoms with van der Waals surface area (Å²) in [5, 5.41) is 1.07. The number of hydrogen-bond acceptors (Lipinski definition) is 5. The quantitative estimate of drug-likeness (QED) is 0.476. The Morgan fingerprint density at radius 1 is 1.26 bits per heavy atom. The second-order valence-electron chi connectivity index (χ2n) is 9.84. The highest BCUT2D eigenvalue weighted by Crippen LogP contribution is 2.37. The average molecular weight is 477 g/mol. The topological polar surface area (TPSA) is 91.2 Å². The highest BCUT2D eigenvalue weighted by atomic mass is 19.1. The number of carbonyl (C=O) groups is 1. The first-order valence-electron chi connectivity index (χ1n) is 12.1. The number of hydrogen-bond donors (Lipinski definition) is 1. The fraction of sp³-hybridized carbons (Fsp3) is 0.423. The molecule has 1 aliphatic heterocycles. The molecule has 2 N–H and O–H groups in total. The molecular weight excluding hydrogens is 447 g/mol. The standard InChI is InChI=1S/C26H29FN6O2/c1-31-23-20(8-17(10-22(23)35-2)26(34)32-13-18(27)11-19(28)14-32)30-25(31)21-9-16-4-3-7-29-24(16)33(21)12-15-5-6-15/h3-4,7-10,15,18-19H,5-6,11-14,28H2,1-2H3/t18-,19-/m1/s1. The van der Waals surface area contributed by atoms with E-state index in [0.717, 1.165) is 34.6 Å². The molecule has 35 heavy (non-hydrogen) atoms. The Kier molecular flexibility index (Phi) is 5.25. The molecule has 2 fully saturated rings. The van der Waals surface area contributed by atoms with Crippen LogP contribution in [0.4, 0.5) is 4.39 Å². The van der Waals surface area contributed by atoms with Crippen LogP contribution in [0.25, 0.3) is 33.6 Å². The number of halogens is 1. The van der Waals surface area contributed by atoms with E-state index in [1.165, 1.54) is 17.7 Å². The van der Waals surface area contributed by atoms with Gasteiger partial charge in [-0.15, -0.1) is 0 Å². The molecule has 0 unspecified atom stereocenters. The fourth-order valence-electron chi connectivity index (χ4n) is 5.26. The molecule has 0 spiro atoms. The lowest BCUT2D eigenvalue weighted by atomic mass is 10.0. The molecular formula is C26H29FN6O2. The minimum absolute atomic E-state index is 0.0502. The predicted molar refractivity (Wildman–Crippen MR) is 132 cm³/mol. The lowest BCUT2D eigenvalue weighted by Crippen LogP contribution is -2.50. The van der Waals surface area contributed by atoms with E-state index < -0.39 is 6.17 Å². The molecule has 3 aromatic heterocycles. The van der Waals surface area contributed by atoms with Gasteiger partial charge in [-0.1, -0.05) is 0 Å². The van der Waals surface area contributed by atoms with Crippen molar-refractivity contribution in [3.05, 3.63) is 42.1 Å². The van der Waals surface area contributed by atoms with E-state index in [2.05, 4.69) is 21.7 Å². The van der Waals surface area contributed by atoms with Gasteiger partial charge in [0.1, 0.15) is 23.1 Å². The minimum Gasteiger partial charge on any atom is -0.494 e. The van der Waals surface area contributed by atoms with Crippen LogP contribution in [0.3, 0.4) is 0 Å². The van der Waals surface area contributed by atoms with Crippen LogP contribution in [0.2, 0.25) is 0 Å². The summed E-state index contributed by atoms with van der Waals surface area (Å²) >= 11 is 0. The predicted octanol–water partition coefficient (Wildman–Crippen LogP) is 3.52. The number of piperidine rings is 1. The number of likely N-dealkylation sites (tertiary alicyclic amines) is 1. The molecule has 2 aliphatic rings. The van der Waals surface area contributed by atoms with E-state index in [0.29, 0.717) is 29.3 Å². The Labute approximate surface area is 202 Å². The van der Waals surface area contributed by atoms with Gasteiger partial charge in [-0.25, -0.2) is 14.4 Å². The Hall–Kier alpha value is -3.46. The van der Waals surface area contributed by atoms with E-state index in [9.17, 15) is 9.18 Å². The molecule has 1 saturated heterocycles. The summed E-state index contributed by atoms with van der Waals surface area (Å²) in [5.41, 5.74) is 9.78. The van der Waals surface area contributed by atoms with Crippen molar-refractivity contribution in [2.75, 3.05) is 20.2 Å². The highest BCUT2D eigenvalue weighted by Gasteiger charge is 2.30. The van der Waals surface area contributed by atoms with Crippen molar-refractivity contribution >= 4 is 28.0 Å². The van der Waals surface area contributed by atoms with Gasteiger partial charge in [0.05, 0.1) is 24.9 Å². The highest BCUT2D eigenvalue weighted by molar-refractivity contribution is 6.00. The maximum absolute atomic E-state index is 14.1. The molecule has 1 aromatic carbocycles. The van der Waals surface area contributed by atoms with E-state index in [-0.39, 0.29) is 24.9 Å². The number of ether oxygens (including phenoxy) is 1. The Morgan fingerprint density at radius 2 is 2.09 bits per heavy atom. The van der Waals surface area contributed by atoms with Crippen molar-refractivity contribution < 1.29 is 13.9 Å². The Balaban J connectivity index is 1.46. The fourth-order valence-corrected chi connectivity index (χ4v) is 5.26. The molecule has 4 aromatic rings. The number of methoxy groups -OCH3 is 1. The summed E-state index contributed by atoms with van der Waals surface area (Å²) < 4.78 is 24.1. The Morgan fingerprint density at radius 3 is 2.83 bits per heavy atom. The van der Waals surface area contributed by atoms with Crippen molar-refractivity contribution in [1.29, 1.82) is 0 Å². The number of fused-ring (bicyclic) bond motifs is 2. The largest absolute Gasteiger partial charge is 0.494 e. The zero-order valence-electron chi connectivity index (χ0n) is 19.9. The molecule has 9 heteroatoms. The number of aromatic nitrogens is 4. The summed E-state index contributed by atoms with van der Waals surface area (Å²) in [5.74, 6) is 1.73. The number of nitrogens with two attached hydrogens (primary N) is 1. The molecule has 2 atom stereocenters. The van der Waals surface area contributed by atoms with Gasteiger partial charge in [0.25, 0.3) is 5.91 Å². The van der Waals surface area contributed by atoms with Gasteiger partial charge in [0.15, 0.2) is 5.82 Å². The van der Waals surface area contributed by atoms with Gasteiger partial charge in [-0.2, -0.15) is 0 Å². The van der Waals surface area contributed by atoms with Crippen molar-refractivity contribution in [3.8, 4) is 17.3 Å². The van der Waals surface area contributed by atoms with Crippen molar-refractivity contribution in [1.82, 2.24) is 24.0 Å². The molecule has 1 saturated carbocycles. The molecule has 6 rings (SSSR count). The van der Waals surface area contributed by atoms with E-state index >= 15 is 0 Å². The monoisotopic (exact) mass is 476 g/mol. The number of benzene rings is 1. The smallest absolute Gasteiger partial charge is 0.254 e. The van der Waals surface area contributed by atoms with Crippen molar-refractivity contribution in [2.24, 2.45) is 18.7 Å². The summed E-state index contributed by atoms with van der Waals surface area (Å²) in [6.07, 6.45) is 3.44. The molecule has 0 radical (unpaired) electrons. The number of rotatable bonds is 5. The van der Waals surface area contributed by atoms with Gasteiger partial charge in [0.2, 0.25) is 0 Å². The van der Waals surface area contributed by atoms with Gasteiger partial charge in [-0.05, 0) is 55.5 Å². The second-order valence-corrected chi connectivity index (χ2v) is 9.84. The number of nitrogens with zero attached hydrogens (tertiary/aromatic N) is 5. The molecule has 4 heterocycles. The van der Waals surface area contributed by atoms with E-state index in [1.807, 2.05) is 23.9 Å². The minimum atomic E-state index is -1.11. The summed E-state index contributed by atoms with van der Waals surface area (Å²) in [6.45, 7) is 1.29. The van der Waals surface area contributed by atoms with Crippen LogP contribution in [0, 0.1) is 5.92 Å². The average Bonchev–Trinajstić information content (AvgIpc) is 3.51. The first kappa shape index (κ1) is 22.0. The van der Waals surface area contributed by atoms with Crippen LogP contribution in [0.1, 0.15) is 29.6 Å². The summed E-state index contributed by atoms with van der Waals surface area (Å²) in [7, 11) is 3.54. The number of alkyl halides is 1. The zero-order valence-corrected chi connectivity index (χ0v) is 19.9. The van der Waals surface area contributed by atoms with E-state index in [4.69, 9.17) is 15.5 Å². The maximum Gasteiger partial charge on any atom is 0.254 e. The number of amides is 1. The number of pyridine rings is 1. The summed E-state index contributed by atoms with van der Waals surface area (Å²) in [4.78, 5) is 24.3. The van der Waals surface area contributed by atoms with Crippen LogP contribution < -0.4 is 10.5 Å². The van der Waals surface area contributed by atoms with Crippen LogP contribution in [0.15, 0.2) is 36.5 Å². The van der Waals surface area contributed by atoms with Crippen molar-refractivity contribution in [2.45, 2.75) is 38.0 Å². The Bertz CT molecular complexity index is 1430. The first-order chi connectivity index (χ1) is 16.9. The van der Waals surface area contributed by atoms with E-state index in [1.54, 1.807) is 19.2 Å². The molecule has 182 valence electrons. The summed E-state index contributed by atoms with van der Waals surface area (Å²) in [6, 6.07) is 9.25. The SMILES string of the molecule is COc1cc(C(=O)N2C[C@H](N)C[C@@H](F)C2)cc2nc(-c3cc4cccnc4n3CC3CC3)n(C)c12. The lowest BCUT2D eigenvalue weighted by Gasteiger charge is -2.33. The molecule has 1 aliphatic carbocycles. The van der Waals surface area contributed by atoms with Gasteiger partial charge >= 0.3 is 0 Å². The maximum atomic E-state index is 14.1. The third kappa shape index (κ3) is 3.83. The molecule has 8 nitrogen and oxygen atoms in total.